The molecule has 4 N–H and O–H groups in total. The molecular formula is C18H23NO5. The summed E-state index contributed by atoms with van der Waals surface area (Å²) in [5.74, 6) is 1.33. The Kier molecular flexibility index (Phi) is 6.28. The number of aromatic hydroxyl groups is 2. The van der Waals surface area contributed by atoms with Crippen molar-refractivity contribution in [1.29, 1.82) is 0 Å². The first-order valence-electron chi connectivity index (χ1n) is 7.66. The zero-order valence-corrected chi connectivity index (χ0v) is 13.8. The number of aliphatic hydroxyl groups excluding tert-OH is 1. The normalized spacial score (nSPS) is 12.0. The van der Waals surface area contributed by atoms with Crippen molar-refractivity contribution in [3.8, 4) is 23.0 Å². The summed E-state index contributed by atoms with van der Waals surface area (Å²) in [5, 5.41) is 32.4. The lowest BCUT2D eigenvalue weighted by Crippen LogP contribution is -2.23. The van der Waals surface area contributed by atoms with Crippen LogP contribution in [0.1, 0.15) is 17.2 Å². The molecule has 0 spiro atoms. The standard InChI is InChI=1S/C18H23NO5/c1-23-17-6-3-12(9-18(17)24-2)7-8-19-11-16(22)14-10-13(20)4-5-15(14)21/h3-6,9-10,16,19-22H,7-8,11H2,1-2H3/t16-/m0/s1. The molecule has 6 heteroatoms. The summed E-state index contributed by atoms with van der Waals surface area (Å²) in [4.78, 5) is 0. The maximum absolute atomic E-state index is 10.1. The molecule has 0 heterocycles. The largest absolute Gasteiger partial charge is 0.508 e. The van der Waals surface area contributed by atoms with Crippen LogP contribution in [0.25, 0.3) is 0 Å². The van der Waals surface area contributed by atoms with Gasteiger partial charge in [-0.15, -0.1) is 0 Å². The number of benzene rings is 2. The van der Waals surface area contributed by atoms with Crippen molar-refractivity contribution >= 4 is 0 Å². The van der Waals surface area contributed by atoms with Gasteiger partial charge in [-0.05, 0) is 48.9 Å². The van der Waals surface area contributed by atoms with E-state index in [-0.39, 0.29) is 18.0 Å². The van der Waals surface area contributed by atoms with Gasteiger partial charge in [-0.25, -0.2) is 0 Å². The van der Waals surface area contributed by atoms with Gasteiger partial charge in [-0.2, -0.15) is 0 Å². The molecule has 0 aliphatic carbocycles. The van der Waals surface area contributed by atoms with Crippen molar-refractivity contribution in [2.75, 3.05) is 27.3 Å². The molecule has 0 saturated carbocycles. The monoisotopic (exact) mass is 333 g/mol. The van der Waals surface area contributed by atoms with Crippen LogP contribution in [0.3, 0.4) is 0 Å². The van der Waals surface area contributed by atoms with Gasteiger partial charge in [-0.3, -0.25) is 0 Å². The SMILES string of the molecule is COc1ccc(CCNC[C@H](O)c2cc(O)ccc2O)cc1OC. The van der Waals surface area contributed by atoms with Crippen molar-refractivity contribution in [1.82, 2.24) is 5.32 Å². The highest BCUT2D eigenvalue weighted by Crippen LogP contribution is 2.28. The number of phenolic OH excluding ortho intramolecular Hbond substituents is 2. The second-order valence-corrected chi connectivity index (χ2v) is 5.40. The average molecular weight is 333 g/mol. The van der Waals surface area contributed by atoms with E-state index in [4.69, 9.17) is 9.47 Å². The molecular weight excluding hydrogens is 310 g/mol. The van der Waals surface area contributed by atoms with Gasteiger partial charge in [0.05, 0.1) is 20.3 Å². The summed E-state index contributed by atoms with van der Waals surface area (Å²) in [6.07, 6.45) is -0.151. The van der Waals surface area contributed by atoms with Gasteiger partial charge in [0.25, 0.3) is 0 Å². The number of hydrogen-bond acceptors (Lipinski definition) is 6. The minimum atomic E-state index is -0.900. The van der Waals surface area contributed by atoms with Gasteiger partial charge in [0.1, 0.15) is 11.5 Å². The maximum Gasteiger partial charge on any atom is 0.160 e. The molecule has 0 aliphatic heterocycles. The van der Waals surface area contributed by atoms with Crippen LogP contribution < -0.4 is 14.8 Å². The number of methoxy groups -OCH3 is 2. The molecule has 0 unspecified atom stereocenters. The number of rotatable bonds is 8. The lowest BCUT2D eigenvalue weighted by molar-refractivity contribution is 0.171. The van der Waals surface area contributed by atoms with E-state index in [2.05, 4.69) is 5.32 Å². The third-order valence-corrected chi connectivity index (χ3v) is 3.75. The number of nitrogens with one attached hydrogen (secondary N) is 1. The summed E-state index contributed by atoms with van der Waals surface area (Å²) >= 11 is 0. The van der Waals surface area contributed by atoms with Crippen molar-refractivity contribution in [3.05, 3.63) is 47.5 Å². The van der Waals surface area contributed by atoms with E-state index < -0.39 is 6.10 Å². The lowest BCUT2D eigenvalue weighted by atomic mass is 10.1. The molecule has 0 aliphatic rings. The zero-order chi connectivity index (χ0) is 17.5. The fourth-order valence-electron chi connectivity index (χ4n) is 2.43. The van der Waals surface area contributed by atoms with Gasteiger partial charge in [0.15, 0.2) is 11.5 Å². The first kappa shape index (κ1) is 17.9. The van der Waals surface area contributed by atoms with E-state index in [1.54, 1.807) is 14.2 Å². The predicted molar refractivity (Wildman–Crippen MR) is 90.9 cm³/mol. The van der Waals surface area contributed by atoms with Crippen molar-refractivity contribution in [2.45, 2.75) is 12.5 Å². The number of aliphatic hydroxyl groups is 1. The smallest absolute Gasteiger partial charge is 0.160 e. The molecule has 2 aromatic rings. The van der Waals surface area contributed by atoms with Crippen LogP contribution in [0.5, 0.6) is 23.0 Å². The Morgan fingerprint density at radius 2 is 1.75 bits per heavy atom. The first-order chi connectivity index (χ1) is 11.5. The minimum Gasteiger partial charge on any atom is -0.508 e. The van der Waals surface area contributed by atoms with Crippen LogP contribution in [0, 0.1) is 0 Å². The fourth-order valence-corrected chi connectivity index (χ4v) is 2.43. The molecule has 6 nitrogen and oxygen atoms in total. The summed E-state index contributed by atoms with van der Waals surface area (Å²) in [6.45, 7) is 0.913. The molecule has 0 aromatic heterocycles. The Morgan fingerprint density at radius 3 is 2.46 bits per heavy atom. The van der Waals surface area contributed by atoms with Gasteiger partial charge >= 0.3 is 0 Å². The topological polar surface area (TPSA) is 91.2 Å². The van der Waals surface area contributed by atoms with Gasteiger partial charge in [-0.1, -0.05) is 6.07 Å². The molecule has 0 bridgehead atoms. The zero-order valence-electron chi connectivity index (χ0n) is 13.8. The Bertz CT molecular complexity index is 674. The van der Waals surface area contributed by atoms with Crippen LogP contribution in [0.4, 0.5) is 0 Å². The van der Waals surface area contributed by atoms with E-state index in [1.807, 2.05) is 18.2 Å². The van der Waals surface area contributed by atoms with E-state index >= 15 is 0 Å². The number of hydrogen-bond donors (Lipinski definition) is 4. The molecule has 24 heavy (non-hydrogen) atoms. The predicted octanol–water partition coefficient (Wildman–Crippen LogP) is 1.98. The quantitative estimate of drug-likeness (QED) is 0.436. The fraction of sp³-hybridized carbons (Fsp3) is 0.333. The van der Waals surface area contributed by atoms with Crippen molar-refractivity contribution < 1.29 is 24.8 Å². The van der Waals surface area contributed by atoms with Gasteiger partial charge in [0.2, 0.25) is 0 Å². The third-order valence-electron chi connectivity index (χ3n) is 3.75. The van der Waals surface area contributed by atoms with E-state index in [0.29, 0.717) is 23.6 Å². The van der Waals surface area contributed by atoms with Crippen LogP contribution in [0.15, 0.2) is 36.4 Å². The summed E-state index contributed by atoms with van der Waals surface area (Å²) in [7, 11) is 3.19. The van der Waals surface area contributed by atoms with Crippen molar-refractivity contribution in [2.24, 2.45) is 0 Å². The molecule has 1 atom stereocenters. The Balaban J connectivity index is 1.85. The third kappa shape index (κ3) is 4.53. The Labute approximate surface area is 141 Å². The first-order valence-corrected chi connectivity index (χ1v) is 7.66. The van der Waals surface area contributed by atoms with Crippen molar-refractivity contribution in [3.63, 3.8) is 0 Å². The second kappa shape index (κ2) is 8.42. The average Bonchev–Trinajstić information content (AvgIpc) is 2.60. The summed E-state index contributed by atoms with van der Waals surface area (Å²) in [5.41, 5.74) is 1.38. The highest BCUT2D eigenvalue weighted by Gasteiger charge is 2.12. The van der Waals surface area contributed by atoms with Crippen LogP contribution in [0.2, 0.25) is 0 Å². The second-order valence-electron chi connectivity index (χ2n) is 5.40. The van der Waals surface area contributed by atoms with Crippen LogP contribution in [-0.2, 0) is 6.42 Å². The molecule has 0 fully saturated rings. The molecule has 2 rings (SSSR count). The van der Waals surface area contributed by atoms with E-state index in [0.717, 1.165) is 12.0 Å². The lowest BCUT2D eigenvalue weighted by Gasteiger charge is -2.14. The van der Waals surface area contributed by atoms with E-state index in [1.165, 1.54) is 18.2 Å². The number of phenols is 2. The Morgan fingerprint density at radius 1 is 1.00 bits per heavy atom. The molecule has 0 amide bonds. The molecule has 0 radical (unpaired) electrons. The highest BCUT2D eigenvalue weighted by molar-refractivity contribution is 5.43. The van der Waals surface area contributed by atoms with E-state index in [9.17, 15) is 15.3 Å². The minimum absolute atomic E-state index is 0.00665. The highest BCUT2D eigenvalue weighted by atomic mass is 16.5. The Hall–Kier alpha value is -2.44. The van der Waals surface area contributed by atoms with Gasteiger partial charge < -0.3 is 30.1 Å². The molecule has 0 saturated heterocycles. The summed E-state index contributed by atoms with van der Waals surface area (Å²) in [6, 6.07) is 9.82. The van der Waals surface area contributed by atoms with Crippen LogP contribution in [-0.4, -0.2) is 42.6 Å². The molecule has 130 valence electrons. The molecule has 2 aromatic carbocycles. The van der Waals surface area contributed by atoms with Gasteiger partial charge in [0, 0.05) is 12.1 Å². The number of ether oxygens (including phenoxy) is 2. The summed E-state index contributed by atoms with van der Waals surface area (Å²) < 4.78 is 10.5. The maximum atomic E-state index is 10.1. The van der Waals surface area contributed by atoms with Crippen LogP contribution >= 0.6 is 0 Å².